The minimum atomic E-state index is -0.677. The molecular formula is C24H28N2O4. The molecule has 0 bridgehead atoms. The number of aromatic nitrogens is 1. The average Bonchev–Trinajstić information content (AvgIpc) is 3.01. The second-order valence-corrected chi connectivity index (χ2v) is 7.60. The summed E-state index contributed by atoms with van der Waals surface area (Å²) in [6, 6.07) is 10.3. The van der Waals surface area contributed by atoms with Gasteiger partial charge in [0.1, 0.15) is 5.76 Å². The van der Waals surface area contributed by atoms with E-state index in [-0.39, 0.29) is 17.4 Å². The number of nitrogens with zero attached hydrogens (tertiary/aromatic N) is 2. The first kappa shape index (κ1) is 21.7. The summed E-state index contributed by atoms with van der Waals surface area (Å²) < 4.78 is 5.57. The van der Waals surface area contributed by atoms with Gasteiger partial charge in [0.25, 0.3) is 11.7 Å². The van der Waals surface area contributed by atoms with E-state index in [0.717, 1.165) is 12.0 Å². The molecule has 6 nitrogen and oxygen atoms in total. The number of ether oxygens (including phenoxy) is 1. The number of hydrogen-bond donors (Lipinski definition) is 1. The van der Waals surface area contributed by atoms with E-state index in [9.17, 15) is 14.7 Å². The SMILES string of the molecule is CCc1ccc(/C(O)=C2/C(=O)C(=O)N(CCCOC(C)C)C2c2cccnc2)cc1. The first-order valence-electron chi connectivity index (χ1n) is 10.3. The summed E-state index contributed by atoms with van der Waals surface area (Å²) in [5, 5.41) is 11.0. The van der Waals surface area contributed by atoms with E-state index in [4.69, 9.17) is 4.74 Å². The zero-order valence-corrected chi connectivity index (χ0v) is 17.7. The van der Waals surface area contributed by atoms with Gasteiger partial charge in [0.15, 0.2) is 0 Å². The smallest absolute Gasteiger partial charge is 0.295 e. The molecule has 6 heteroatoms. The number of amides is 1. The highest BCUT2D eigenvalue weighted by Gasteiger charge is 2.45. The van der Waals surface area contributed by atoms with E-state index in [2.05, 4.69) is 4.98 Å². The number of Topliss-reactive ketones (excluding diaryl/α,β-unsaturated/α-hetero) is 1. The van der Waals surface area contributed by atoms with Crippen molar-refractivity contribution in [2.75, 3.05) is 13.2 Å². The number of aliphatic hydroxyl groups excluding tert-OH is 1. The molecule has 0 saturated carbocycles. The van der Waals surface area contributed by atoms with Gasteiger partial charge in [-0.25, -0.2) is 0 Å². The molecule has 0 aliphatic carbocycles. The van der Waals surface area contributed by atoms with Crippen molar-refractivity contribution in [1.29, 1.82) is 0 Å². The van der Waals surface area contributed by atoms with Crippen LogP contribution in [0, 0.1) is 0 Å². The Kier molecular flexibility index (Phi) is 7.00. The molecule has 1 aromatic carbocycles. The van der Waals surface area contributed by atoms with Gasteiger partial charge < -0.3 is 14.7 Å². The fraction of sp³-hybridized carbons (Fsp3) is 0.375. The van der Waals surface area contributed by atoms with Crippen molar-refractivity contribution in [2.24, 2.45) is 0 Å². The van der Waals surface area contributed by atoms with Gasteiger partial charge in [-0.1, -0.05) is 37.3 Å². The predicted octanol–water partition coefficient (Wildman–Crippen LogP) is 3.88. The summed E-state index contributed by atoms with van der Waals surface area (Å²) in [5.74, 6) is -1.45. The molecule has 2 heterocycles. The molecule has 30 heavy (non-hydrogen) atoms. The van der Waals surface area contributed by atoms with Crippen molar-refractivity contribution in [2.45, 2.75) is 45.8 Å². The number of hydrogen-bond acceptors (Lipinski definition) is 5. The van der Waals surface area contributed by atoms with Crippen molar-refractivity contribution >= 4 is 17.4 Å². The molecule has 1 N–H and O–H groups in total. The molecule has 1 aliphatic rings. The van der Waals surface area contributed by atoms with E-state index in [0.29, 0.717) is 30.7 Å². The highest BCUT2D eigenvalue weighted by atomic mass is 16.5. The number of carbonyl (C=O) groups is 2. The van der Waals surface area contributed by atoms with Crippen LogP contribution in [-0.2, 0) is 20.7 Å². The Bertz CT molecular complexity index is 920. The van der Waals surface area contributed by atoms with Crippen LogP contribution in [0.4, 0.5) is 0 Å². The Balaban J connectivity index is 1.99. The summed E-state index contributed by atoms with van der Waals surface area (Å²) >= 11 is 0. The number of rotatable bonds is 8. The minimum absolute atomic E-state index is 0.0978. The number of benzene rings is 1. The number of aliphatic hydroxyl groups is 1. The lowest BCUT2D eigenvalue weighted by Gasteiger charge is -2.25. The quantitative estimate of drug-likeness (QED) is 0.310. The molecule has 1 fully saturated rings. The van der Waals surface area contributed by atoms with Crippen LogP contribution >= 0.6 is 0 Å². The first-order chi connectivity index (χ1) is 14.4. The maximum atomic E-state index is 12.9. The standard InChI is InChI=1S/C24H28N2O4/c1-4-17-8-10-18(11-9-17)22(27)20-21(19-7-5-12-25-15-19)26(24(29)23(20)28)13-6-14-30-16(2)3/h5,7-12,15-16,21,27H,4,6,13-14H2,1-3H3/b22-20-. The third kappa shape index (κ3) is 4.60. The maximum absolute atomic E-state index is 12.9. The molecule has 3 rings (SSSR count). The Morgan fingerprint density at radius 3 is 2.53 bits per heavy atom. The third-order valence-electron chi connectivity index (χ3n) is 5.17. The Hall–Kier alpha value is -2.99. The number of ketones is 1. The fourth-order valence-electron chi connectivity index (χ4n) is 3.60. The van der Waals surface area contributed by atoms with E-state index in [1.807, 2.05) is 39.0 Å². The monoisotopic (exact) mass is 408 g/mol. The van der Waals surface area contributed by atoms with Crippen molar-refractivity contribution in [3.63, 3.8) is 0 Å². The third-order valence-corrected chi connectivity index (χ3v) is 5.17. The zero-order chi connectivity index (χ0) is 21.7. The topological polar surface area (TPSA) is 79.7 Å². The lowest BCUT2D eigenvalue weighted by molar-refractivity contribution is -0.140. The Morgan fingerprint density at radius 2 is 1.93 bits per heavy atom. The van der Waals surface area contributed by atoms with Crippen LogP contribution in [0.15, 0.2) is 54.4 Å². The zero-order valence-electron chi connectivity index (χ0n) is 17.7. The van der Waals surface area contributed by atoms with Gasteiger partial charge >= 0.3 is 0 Å². The summed E-state index contributed by atoms with van der Waals surface area (Å²) in [6.45, 7) is 6.78. The number of likely N-dealkylation sites (tertiary alicyclic amines) is 1. The summed E-state index contributed by atoms with van der Waals surface area (Å²) in [5.41, 5.74) is 2.43. The molecule has 158 valence electrons. The first-order valence-corrected chi connectivity index (χ1v) is 10.3. The Labute approximate surface area is 177 Å². The van der Waals surface area contributed by atoms with Gasteiger partial charge in [-0.2, -0.15) is 0 Å². The second kappa shape index (κ2) is 9.67. The lowest BCUT2D eigenvalue weighted by Crippen LogP contribution is -2.31. The van der Waals surface area contributed by atoms with Crippen molar-refractivity contribution < 1.29 is 19.4 Å². The van der Waals surface area contributed by atoms with Crippen molar-refractivity contribution in [3.8, 4) is 0 Å². The molecule has 1 aliphatic heterocycles. The number of aryl methyl sites for hydroxylation is 1. The molecular weight excluding hydrogens is 380 g/mol. The summed E-state index contributed by atoms with van der Waals surface area (Å²) in [7, 11) is 0. The van der Waals surface area contributed by atoms with Crippen LogP contribution in [0.5, 0.6) is 0 Å². The molecule has 0 spiro atoms. The van der Waals surface area contributed by atoms with Gasteiger partial charge in [-0.3, -0.25) is 14.6 Å². The lowest BCUT2D eigenvalue weighted by atomic mass is 9.96. The van der Waals surface area contributed by atoms with Crippen molar-refractivity contribution in [3.05, 3.63) is 71.1 Å². The molecule has 1 amide bonds. The van der Waals surface area contributed by atoms with E-state index in [1.165, 1.54) is 4.90 Å². The molecule has 1 aromatic heterocycles. The Morgan fingerprint density at radius 1 is 1.20 bits per heavy atom. The number of pyridine rings is 1. The summed E-state index contributed by atoms with van der Waals surface area (Å²) in [6.07, 6.45) is 4.82. The van der Waals surface area contributed by atoms with Gasteiger partial charge in [0.05, 0.1) is 17.7 Å². The predicted molar refractivity (Wildman–Crippen MR) is 115 cm³/mol. The van der Waals surface area contributed by atoms with Crippen LogP contribution in [0.25, 0.3) is 5.76 Å². The van der Waals surface area contributed by atoms with Crippen LogP contribution in [-0.4, -0.2) is 45.9 Å². The van der Waals surface area contributed by atoms with E-state index in [1.54, 1.807) is 30.6 Å². The highest BCUT2D eigenvalue weighted by molar-refractivity contribution is 6.46. The normalized spacial score (nSPS) is 18.4. The molecule has 1 unspecified atom stereocenters. The van der Waals surface area contributed by atoms with E-state index >= 15 is 0 Å². The second-order valence-electron chi connectivity index (χ2n) is 7.60. The minimum Gasteiger partial charge on any atom is -0.507 e. The maximum Gasteiger partial charge on any atom is 0.295 e. The average molecular weight is 408 g/mol. The molecule has 1 atom stereocenters. The van der Waals surface area contributed by atoms with Crippen LogP contribution < -0.4 is 0 Å². The molecule has 0 radical (unpaired) electrons. The van der Waals surface area contributed by atoms with Crippen LogP contribution in [0.2, 0.25) is 0 Å². The summed E-state index contributed by atoms with van der Waals surface area (Å²) in [4.78, 5) is 31.4. The molecule has 2 aromatic rings. The van der Waals surface area contributed by atoms with Crippen LogP contribution in [0.1, 0.15) is 49.9 Å². The van der Waals surface area contributed by atoms with Gasteiger partial charge in [-0.05, 0) is 43.9 Å². The largest absolute Gasteiger partial charge is 0.507 e. The molecule has 1 saturated heterocycles. The van der Waals surface area contributed by atoms with Gasteiger partial charge in [0.2, 0.25) is 0 Å². The van der Waals surface area contributed by atoms with E-state index < -0.39 is 17.7 Å². The highest BCUT2D eigenvalue weighted by Crippen LogP contribution is 2.39. The van der Waals surface area contributed by atoms with Gasteiger partial charge in [0, 0.05) is 31.1 Å². The number of carbonyl (C=O) groups excluding carboxylic acids is 2. The fourth-order valence-corrected chi connectivity index (χ4v) is 3.60. The van der Waals surface area contributed by atoms with Gasteiger partial charge in [-0.15, -0.1) is 0 Å². The van der Waals surface area contributed by atoms with Crippen LogP contribution in [0.3, 0.4) is 0 Å². The van der Waals surface area contributed by atoms with Crippen molar-refractivity contribution in [1.82, 2.24) is 9.88 Å².